The third-order valence-electron chi connectivity index (χ3n) is 2.11. The molecule has 0 fully saturated rings. The number of rotatable bonds is 7. The minimum atomic E-state index is 0.123. The Balaban J connectivity index is 4.14. The zero-order chi connectivity index (χ0) is 11.1. The van der Waals surface area contributed by atoms with Crippen molar-refractivity contribution in [1.82, 2.24) is 9.80 Å². The molecule has 14 heavy (non-hydrogen) atoms. The average molecular weight is 204 g/mol. The number of nitrogens with zero attached hydrogens (tertiary/aromatic N) is 2. The van der Waals surface area contributed by atoms with Crippen LogP contribution >= 0.6 is 0 Å². The Morgan fingerprint density at radius 1 is 0.786 bits per heavy atom. The maximum Gasteiger partial charge on any atom is 0.0971 e. The van der Waals surface area contributed by atoms with Crippen LogP contribution in [0.5, 0.6) is 0 Å². The summed E-state index contributed by atoms with van der Waals surface area (Å²) >= 11 is 0. The van der Waals surface area contributed by atoms with E-state index in [9.17, 15) is 0 Å². The van der Waals surface area contributed by atoms with E-state index in [-0.39, 0.29) is 12.2 Å². The highest BCUT2D eigenvalue weighted by Gasteiger charge is 2.21. The Morgan fingerprint density at radius 3 is 1.21 bits per heavy atom. The zero-order valence-corrected chi connectivity index (χ0v) is 10.3. The lowest BCUT2D eigenvalue weighted by Gasteiger charge is -2.29. The second-order valence-electron chi connectivity index (χ2n) is 4.07. The molecule has 2 atom stereocenters. The summed E-state index contributed by atoms with van der Waals surface area (Å²) in [6.45, 7) is 1.76. The summed E-state index contributed by atoms with van der Waals surface area (Å²) in [6.07, 6.45) is 0.245. The van der Waals surface area contributed by atoms with Gasteiger partial charge in [0.15, 0.2) is 0 Å². The summed E-state index contributed by atoms with van der Waals surface area (Å²) in [4.78, 5) is 4.21. The average Bonchev–Trinajstić information content (AvgIpc) is 2.10. The van der Waals surface area contributed by atoms with Gasteiger partial charge in [-0.1, -0.05) is 0 Å². The first-order chi connectivity index (χ1) is 6.51. The Bertz CT molecular complexity index is 124. The minimum Gasteiger partial charge on any atom is -0.377 e. The standard InChI is InChI=1S/C10H24N2O2/c1-11(2)7-9(13-5)10(14-6)8-12(3)4/h9-10H,7-8H2,1-6H3/t9-,10-/m1/s1. The van der Waals surface area contributed by atoms with Crippen LogP contribution in [0.25, 0.3) is 0 Å². The summed E-state index contributed by atoms with van der Waals surface area (Å²) in [5.41, 5.74) is 0. The van der Waals surface area contributed by atoms with E-state index in [1.54, 1.807) is 14.2 Å². The number of likely N-dealkylation sites (N-methyl/N-ethyl adjacent to an activating group) is 2. The Hall–Kier alpha value is -0.160. The minimum absolute atomic E-state index is 0.123. The smallest absolute Gasteiger partial charge is 0.0971 e. The molecule has 4 heteroatoms. The van der Waals surface area contributed by atoms with Crippen LogP contribution in [0, 0.1) is 0 Å². The van der Waals surface area contributed by atoms with Gasteiger partial charge in [-0.15, -0.1) is 0 Å². The van der Waals surface area contributed by atoms with Crippen molar-refractivity contribution in [2.45, 2.75) is 12.2 Å². The first-order valence-electron chi connectivity index (χ1n) is 4.86. The molecule has 0 spiro atoms. The van der Waals surface area contributed by atoms with Crippen LogP contribution in [0.2, 0.25) is 0 Å². The van der Waals surface area contributed by atoms with E-state index in [0.29, 0.717) is 0 Å². The normalized spacial score (nSPS) is 16.3. The highest BCUT2D eigenvalue weighted by atomic mass is 16.5. The second kappa shape index (κ2) is 7.17. The fourth-order valence-electron chi connectivity index (χ4n) is 1.41. The third kappa shape index (κ3) is 5.54. The summed E-state index contributed by atoms with van der Waals surface area (Å²) in [5, 5.41) is 0. The maximum absolute atomic E-state index is 5.42. The topological polar surface area (TPSA) is 24.9 Å². The quantitative estimate of drug-likeness (QED) is 0.589. The first-order valence-corrected chi connectivity index (χ1v) is 4.86. The van der Waals surface area contributed by atoms with Crippen LogP contribution in [0.3, 0.4) is 0 Å². The van der Waals surface area contributed by atoms with Gasteiger partial charge >= 0.3 is 0 Å². The Kier molecular flexibility index (Phi) is 7.09. The van der Waals surface area contributed by atoms with E-state index in [2.05, 4.69) is 9.80 Å². The predicted molar refractivity (Wildman–Crippen MR) is 58.7 cm³/mol. The van der Waals surface area contributed by atoms with Crippen molar-refractivity contribution < 1.29 is 9.47 Å². The van der Waals surface area contributed by atoms with E-state index < -0.39 is 0 Å². The van der Waals surface area contributed by atoms with Crippen molar-refractivity contribution in [1.29, 1.82) is 0 Å². The van der Waals surface area contributed by atoms with Crippen molar-refractivity contribution in [3.8, 4) is 0 Å². The van der Waals surface area contributed by atoms with Crippen molar-refractivity contribution in [3.63, 3.8) is 0 Å². The molecule has 0 heterocycles. The SMILES string of the molecule is CO[C@H](CN(C)C)[C@@H](CN(C)C)OC. The summed E-state index contributed by atoms with van der Waals surface area (Å²) in [6, 6.07) is 0. The molecule has 0 aliphatic rings. The summed E-state index contributed by atoms with van der Waals surface area (Å²) < 4.78 is 10.8. The fraction of sp³-hybridized carbons (Fsp3) is 1.00. The molecule has 0 aromatic heterocycles. The lowest BCUT2D eigenvalue weighted by molar-refractivity contribution is -0.0539. The number of methoxy groups -OCH3 is 2. The van der Waals surface area contributed by atoms with Gasteiger partial charge < -0.3 is 19.3 Å². The van der Waals surface area contributed by atoms with Crippen LogP contribution in [0.1, 0.15) is 0 Å². The molecular formula is C10H24N2O2. The van der Waals surface area contributed by atoms with Crippen LogP contribution < -0.4 is 0 Å². The molecule has 0 unspecified atom stereocenters. The predicted octanol–water partition coefficient (Wildman–Crippen LogP) is 0.140. The molecule has 0 aliphatic heterocycles. The van der Waals surface area contributed by atoms with E-state index in [0.717, 1.165) is 13.1 Å². The van der Waals surface area contributed by atoms with E-state index in [1.807, 2.05) is 28.2 Å². The van der Waals surface area contributed by atoms with Crippen LogP contribution in [0.4, 0.5) is 0 Å². The van der Waals surface area contributed by atoms with Gasteiger partial charge in [0.2, 0.25) is 0 Å². The van der Waals surface area contributed by atoms with Crippen LogP contribution in [-0.4, -0.2) is 77.5 Å². The van der Waals surface area contributed by atoms with Crippen molar-refractivity contribution >= 4 is 0 Å². The Labute approximate surface area is 87.8 Å². The molecule has 0 saturated carbocycles. The lowest BCUT2D eigenvalue weighted by atomic mass is 10.2. The third-order valence-corrected chi connectivity index (χ3v) is 2.11. The molecule has 0 aromatic carbocycles. The van der Waals surface area contributed by atoms with Crippen molar-refractivity contribution in [3.05, 3.63) is 0 Å². The van der Waals surface area contributed by atoms with Gasteiger partial charge in [-0.05, 0) is 28.2 Å². The van der Waals surface area contributed by atoms with Crippen LogP contribution in [-0.2, 0) is 9.47 Å². The molecule has 86 valence electrons. The van der Waals surface area contributed by atoms with E-state index in [1.165, 1.54) is 0 Å². The molecule has 0 N–H and O–H groups in total. The molecule has 0 saturated heterocycles. The molecule has 0 amide bonds. The molecule has 0 rings (SSSR count). The number of hydrogen-bond donors (Lipinski definition) is 0. The molecule has 4 nitrogen and oxygen atoms in total. The number of hydrogen-bond acceptors (Lipinski definition) is 4. The van der Waals surface area contributed by atoms with Crippen molar-refractivity contribution in [2.75, 3.05) is 55.5 Å². The van der Waals surface area contributed by atoms with Crippen molar-refractivity contribution in [2.24, 2.45) is 0 Å². The van der Waals surface area contributed by atoms with Gasteiger partial charge in [0.05, 0.1) is 12.2 Å². The van der Waals surface area contributed by atoms with Gasteiger partial charge in [0, 0.05) is 27.3 Å². The molecule has 0 bridgehead atoms. The van der Waals surface area contributed by atoms with Gasteiger partial charge in [-0.3, -0.25) is 0 Å². The lowest BCUT2D eigenvalue weighted by Crippen LogP contribution is -2.43. The molecule has 0 radical (unpaired) electrons. The van der Waals surface area contributed by atoms with Crippen LogP contribution in [0.15, 0.2) is 0 Å². The van der Waals surface area contributed by atoms with Gasteiger partial charge in [0.1, 0.15) is 0 Å². The second-order valence-corrected chi connectivity index (χ2v) is 4.07. The molecule has 0 aromatic rings. The highest BCUT2D eigenvalue weighted by molar-refractivity contribution is 4.74. The summed E-state index contributed by atoms with van der Waals surface area (Å²) in [7, 11) is 11.6. The zero-order valence-electron chi connectivity index (χ0n) is 10.3. The number of ether oxygens (including phenoxy) is 2. The van der Waals surface area contributed by atoms with E-state index in [4.69, 9.17) is 9.47 Å². The van der Waals surface area contributed by atoms with Gasteiger partial charge in [0.25, 0.3) is 0 Å². The summed E-state index contributed by atoms with van der Waals surface area (Å²) in [5.74, 6) is 0. The van der Waals surface area contributed by atoms with Gasteiger partial charge in [-0.25, -0.2) is 0 Å². The maximum atomic E-state index is 5.42. The first kappa shape index (κ1) is 13.8. The molecular weight excluding hydrogens is 180 g/mol. The fourth-order valence-corrected chi connectivity index (χ4v) is 1.41. The highest BCUT2D eigenvalue weighted by Crippen LogP contribution is 2.05. The van der Waals surface area contributed by atoms with E-state index >= 15 is 0 Å². The largest absolute Gasteiger partial charge is 0.377 e. The Morgan fingerprint density at radius 2 is 1.07 bits per heavy atom. The molecule has 0 aliphatic carbocycles. The monoisotopic (exact) mass is 204 g/mol. The van der Waals surface area contributed by atoms with Gasteiger partial charge in [-0.2, -0.15) is 0 Å².